The lowest BCUT2D eigenvalue weighted by molar-refractivity contribution is -0.163. The molecule has 1 fully saturated rings. The molecule has 1 aliphatic rings. The maximum atomic E-state index is 12.1. The van der Waals surface area contributed by atoms with E-state index >= 15 is 0 Å². The summed E-state index contributed by atoms with van der Waals surface area (Å²) < 4.78 is 5.74. The summed E-state index contributed by atoms with van der Waals surface area (Å²) in [6.45, 7) is 5.45. The first-order chi connectivity index (χ1) is 11.9. The number of furan rings is 1. The summed E-state index contributed by atoms with van der Waals surface area (Å²) in [6.07, 6.45) is -0.101. The van der Waals surface area contributed by atoms with E-state index in [1.807, 2.05) is 50.2 Å². The molecule has 134 valence electrons. The molecule has 1 aromatic heterocycles. The molecule has 0 spiro atoms. The van der Waals surface area contributed by atoms with Crippen molar-refractivity contribution in [3.63, 3.8) is 0 Å². The van der Waals surface area contributed by atoms with E-state index in [-0.39, 0.29) is 0 Å². The molecule has 2 atom stereocenters. The Hall–Kier alpha value is -2.11. The fourth-order valence-corrected chi connectivity index (χ4v) is 3.67. The van der Waals surface area contributed by atoms with Gasteiger partial charge >= 0.3 is 5.97 Å². The quantitative estimate of drug-likeness (QED) is 0.873. The first kappa shape index (κ1) is 17.7. The van der Waals surface area contributed by atoms with Crippen molar-refractivity contribution < 1.29 is 19.4 Å². The lowest BCUT2D eigenvalue weighted by atomic mass is 9.73. The summed E-state index contributed by atoms with van der Waals surface area (Å²) in [5.41, 5.74) is 0.826. The van der Waals surface area contributed by atoms with E-state index < -0.39 is 17.5 Å². The molecule has 2 heterocycles. The topological polar surface area (TPSA) is 73.9 Å². The van der Waals surface area contributed by atoms with Gasteiger partial charge in [-0.25, -0.2) is 0 Å². The zero-order valence-corrected chi connectivity index (χ0v) is 14.7. The number of aliphatic hydroxyl groups is 1. The first-order valence-corrected chi connectivity index (χ1v) is 8.64. The van der Waals surface area contributed by atoms with Gasteiger partial charge in [-0.3, -0.25) is 9.69 Å². The third-order valence-electron chi connectivity index (χ3n) is 5.25. The van der Waals surface area contributed by atoms with Gasteiger partial charge in [0.25, 0.3) is 0 Å². The summed E-state index contributed by atoms with van der Waals surface area (Å²) >= 11 is 0. The Balaban J connectivity index is 1.82. The van der Waals surface area contributed by atoms with Crippen molar-refractivity contribution in [1.82, 2.24) is 4.90 Å². The van der Waals surface area contributed by atoms with Gasteiger partial charge in [0.15, 0.2) is 0 Å². The van der Waals surface area contributed by atoms with Gasteiger partial charge in [-0.2, -0.15) is 0 Å². The van der Waals surface area contributed by atoms with Crippen molar-refractivity contribution in [2.24, 2.45) is 5.41 Å². The number of likely N-dealkylation sites (tertiary alicyclic amines) is 1. The van der Waals surface area contributed by atoms with Crippen LogP contribution in [0.2, 0.25) is 0 Å². The average Bonchev–Trinajstić information content (AvgIpc) is 2.89. The number of hydrogen-bond donors (Lipinski definition) is 2. The van der Waals surface area contributed by atoms with Crippen LogP contribution < -0.4 is 0 Å². The van der Waals surface area contributed by atoms with Gasteiger partial charge in [0, 0.05) is 13.1 Å². The highest BCUT2D eigenvalue weighted by Gasteiger charge is 2.49. The molecule has 1 aliphatic heterocycles. The number of nitrogens with zero attached hydrogens (tertiary/aromatic N) is 1. The van der Waals surface area contributed by atoms with Crippen molar-refractivity contribution in [1.29, 1.82) is 0 Å². The second-order valence-corrected chi connectivity index (χ2v) is 7.09. The molecule has 0 saturated carbocycles. The van der Waals surface area contributed by atoms with E-state index in [1.165, 1.54) is 0 Å². The van der Waals surface area contributed by atoms with E-state index in [2.05, 4.69) is 4.90 Å². The fraction of sp³-hybridized carbons (Fsp3) is 0.450. The minimum Gasteiger partial charge on any atom is -0.481 e. The van der Waals surface area contributed by atoms with Crippen LogP contribution in [0.4, 0.5) is 0 Å². The molecule has 2 aromatic rings. The van der Waals surface area contributed by atoms with Crippen LogP contribution >= 0.6 is 0 Å². The molecule has 5 heteroatoms. The molecule has 25 heavy (non-hydrogen) atoms. The number of carbonyl (C=O) groups is 1. The molecule has 5 nitrogen and oxygen atoms in total. The monoisotopic (exact) mass is 343 g/mol. The molecule has 0 radical (unpaired) electrons. The average molecular weight is 343 g/mol. The van der Waals surface area contributed by atoms with Gasteiger partial charge in [-0.1, -0.05) is 30.3 Å². The third kappa shape index (κ3) is 3.62. The van der Waals surface area contributed by atoms with Crippen LogP contribution in [0.25, 0.3) is 0 Å². The van der Waals surface area contributed by atoms with Crippen molar-refractivity contribution in [2.75, 3.05) is 13.1 Å². The predicted molar refractivity (Wildman–Crippen MR) is 94.3 cm³/mol. The molecule has 0 amide bonds. The number of aliphatic carboxylic acids is 1. The number of piperidine rings is 1. The van der Waals surface area contributed by atoms with Gasteiger partial charge in [0.1, 0.15) is 16.9 Å². The zero-order valence-electron chi connectivity index (χ0n) is 14.7. The number of aliphatic hydroxyl groups excluding tert-OH is 1. The molecular formula is C20H25NO4. The number of rotatable bonds is 5. The summed E-state index contributed by atoms with van der Waals surface area (Å²) in [7, 11) is 0. The zero-order chi connectivity index (χ0) is 18.0. The highest BCUT2D eigenvalue weighted by atomic mass is 16.4. The Bertz CT molecular complexity index is 720. The standard InChI is InChI=1S/C20H25NO4/c1-14-10-17(25-15(14)2)12-21-9-8-18(22)20(13-21,19(23)24)11-16-6-4-3-5-7-16/h3-7,10,18,22H,8-9,11-13H2,1-2H3,(H,23,24)/t18-,20-/m0/s1. The number of hydrogen-bond acceptors (Lipinski definition) is 4. The molecule has 0 unspecified atom stereocenters. The van der Waals surface area contributed by atoms with Crippen LogP contribution in [0, 0.1) is 19.3 Å². The van der Waals surface area contributed by atoms with Crippen LogP contribution in [0.5, 0.6) is 0 Å². The van der Waals surface area contributed by atoms with E-state index in [1.54, 1.807) is 0 Å². The van der Waals surface area contributed by atoms with E-state index in [0.717, 1.165) is 22.6 Å². The second-order valence-electron chi connectivity index (χ2n) is 7.09. The van der Waals surface area contributed by atoms with Crippen LogP contribution in [-0.4, -0.2) is 40.3 Å². The van der Waals surface area contributed by atoms with Crippen LogP contribution in [0.3, 0.4) is 0 Å². The number of aryl methyl sites for hydroxylation is 2. The Morgan fingerprint density at radius 1 is 1.32 bits per heavy atom. The normalized spacial score (nSPS) is 24.4. The smallest absolute Gasteiger partial charge is 0.313 e. The van der Waals surface area contributed by atoms with Gasteiger partial charge in [-0.15, -0.1) is 0 Å². The van der Waals surface area contributed by atoms with Gasteiger partial charge in [0.05, 0.1) is 12.6 Å². The van der Waals surface area contributed by atoms with Gasteiger partial charge in [-0.05, 0) is 43.9 Å². The molecule has 0 aliphatic carbocycles. The Kier molecular flexibility index (Phi) is 4.97. The molecule has 2 N–H and O–H groups in total. The minimum absolute atomic E-state index is 0.303. The minimum atomic E-state index is -1.20. The Morgan fingerprint density at radius 2 is 2.04 bits per heavy atom. The van der Waals surface area contributed by atoms with E-state index in [9.17, 15) is 15.0 Å². The largest absolute Gasteiger partial charge is 0.481 e. The number of carboxylic acids is 1. The van der Waals surface area contributed by atoms with Crippen molar-refractivity contribution in [3.05, 3.63) is 59.0 Å². The number of carboxylic acid groups (broad SMARTS) is 1. The predicted octanol–water partition coefficient (Wildman–Crippen LogP) is 2.78. The lowest BCUT2D eigenvalue weighted by Gasteiger charge is -2.43. The van der Waals surface area contributed by atoms with Crippen LogP contribution in [0.15, 0.2) is 40.8 Å². The molecule has 1 aromatic carbocycles. The summed E-state index contributed by atoms with van der Waals surface area (Å²) in [4.78, 5) is 14.2. The summed E-state index contributed by atoms with van der Waals surface area (Å²) in [6, 6.07) is 11.5. The SMILES string of the molecule is Cc1cc(CN2CC[C@H](O)[C@@](Cc3ccccc3)(C(=O)O)C2)oc1C. The Morgan fingerprint density at radius 3 is 2.64 bits per heavy atom. The highest BCUT2D eigenvalue weighted by molar-refractivity contribution is 5.76. The van der Waals surface area contributed by atoms with Crippen molar-refractivity contribution >= 4 is 5.97 Å². The van der Waals surface area contributed by atoms with Gasteiger partial charge < -0.3 is 14.6 Å². The van der Waals surface area contributed by atoms with Crippen molar-refractivity contribution in [2.45, 2.75) is 39.3 Å². The summed E-state index contributed by atoms with van der Waals surface area (Å²) in [5, 5.41) is 20.5. The lowest BCUT2D eigenvalue weighted by Crippen LogP contribution is -2.56. The van der Waals surface area contributed by atoms with Crippen LogP contribution in [0.1, 0.15) is 29.1 Å². The maximum absolute atomic E-state index is 12.1. The van der Waals surface area contributed by atoms with Crippen LogP contribution in [-0.2, 0) is 17.8 Å². The molecular weight excluding hydrogens is 318 g/mol. The molecule has 0 bridgehead atoms. The van der Waals surface area contributed by atoms with Gasteiger partial charge in [0.2, 0.25) is 0 Å². The first-order valence-electron chi connectivity index (χ1n) is 8.64. The van der Waals surface area contributed by atoms with E-state index in [4.69, 9.17) is 4.42 Å². The Labute approximate surface area is 147 Å². The molecule has 3 rings (SSSR count). The highest BCUT2D eigenvalue weighted by Crippen LogP contribution is 2.35. The summed E-state index contributed by atoms with van der Waals surface area (Å²) in [5.74, 6) is 0.784. The maximum Gasteiger partial charge on any atom is 0.313 e. The third-order valence-corrected chi connectivity index (χ3v) is 5.25. The fourth-order valence-electron chi connectivity index (χ4n) is 3.67. The second kappa shape index (κ2) is 7.02. The molecule has 1 saturated heterocycles. The van der Waals surface area contributed by atoms with E-state index in [0.29, 0.717) is 32.5 Å². The van der Waals surface area contributed by atoms with Crippen molar-refractivity contribution in [3.8, 4) is 0 Å². The number of benzene rings is 1.